The maximum absolute atomic E-state index is 11.7. The van der Waals surface area contributed by atoms with Gasteiger partial charge in [-0.25, -0.2) is 0 Å². The molecule has 0 rings (SSSR count). The lowest BCUT2D eigenvalue weighted by Gasteiger charge is -2.17. The highest BCUT2D eigenvalue weighted by Gasteiger charge is 2.13. The predicted molar refractivity (Wildman–Crippen MR) is 68.0 cm³/mol. The molecule has 0 spiro atoms. The van der Waals surface area contributed by atoms with E-state index in [1.54, 1.807) is 0 Å². The van der Waals surface area contributed by atoms with E-state index >= 15 is 0 Å². The van der Waals surface area contributed by atoms with E-state index in [1.807, 2.05) is 20.8 Å². The van der Waals surface area contributed by atoms with Crippen LogP contribution in [0.25, 0.3) is 0 Å². The van der Waals surface area contributed by atoms with E-state index in [4.69, 9.17) is 0 Å². The van der Waals surface area contributed by atoms with Crippen molar-refractivity contribution in [1.82, 2.24) is 10.6 Å². The summed E-state index contributed by atoms with van der Waals surface area (Å²) in [5.41, 5.74) is 0. The third-order valence-electron chi connectivity index (χ3n) is 2.38. The van der Waals surface area contributed by atoms with Gasteiger partial charge in [-0.3, -0.25) is 4.79 Å². The zero-order chi connectivity index (χ0) is 12.4. The van der Waals surface area contributed by atoms with Crippen molar-refractivity contribution in [2.24, 2.45) is 0 Å². The average Bonchev–Trinajstić information content (AvgIpc) is 2.24. The fourth-order valence-corrected chi connectivity index (χ4v) is 1.44. The van der Waals surface area contributed by atoms with Crippen molar-refractivity contribution >= 4 is 5.91 Å². The van der Waals surface area contributed by atoms with Crippen molar-refractivity contribution < 1.29 is 4.79 Å². The second-order valence-electron chi connectivity index (χ2n) is 4.05. The molecule has 3 nitrogen and oxygen atoms in total. The van der Waals surface area contributed by atoms with Crippen LogP contribution in [0.5, 0.6) is 0 Å². The molecule has 0 saturated heterocycles. The summed E-state index contributed by atoms with van der Waals surface area (Å²) in [5.74, 6) is 5.86. The van der Waals surface area contributed by atoms with Crippen molar-refractivity contribution in [3.8, 4) is 11.8 Å². The molecule has 3 heteroatoms. The number of hydrogen-bond acceptors (Lipinski definition) is 2. The molecule has 0 heterocycles. The van der Waals surface area contributed by atoms with E-state index in [1.165, 1.54) is 0 Å². The summed E-state index contributed by atoms with van der Waals surface area (Å²) < 4.78 is 0. The minimum Gasteiger partial charge on any atom is -0.352 e. The van der Waals surface area contributed by atoms with Crippen molar-refractivity contribution in [3.05, 3.63) is 0 Å². The molecule has 2 N–H and O–H groups in total. The first-order valence-electron chi connectivity index (χ1n) is 6.05. The van der Waals surface area contributed by atoms with Crippen LogP contribution in [-0.4, -0.2) is 24.5 Å². The largest absolute Gasteiger partial charge is 0.352 e. The van der Waals surface area contributed by atoms with Gasteiger partial charge in [0.15, 0.2) is 0 Å². The van der Waals surface area contributed by atoms with Crippen LogP contribution in [0, 0.1) is 11.8 Å². The van der Waals surface area contributed by atoms with Crippen LogP contribution in [0.15, 0.2) is 0 Å². The molecular weight excluding hydrogens is 200 g/mol. The molecule has 92 valence electrons. The molecular formula is C13H24N2O. The van der Waals surface area contributed by atoms with E-state index in [0.717, 1.165) is 25.8 Å². The SMILES string of the molecule is CC#CCCNC(C)C(=O)NC(C)CCC. The topological polar surface area (TPSA) is 41.1 Å². The third kappa shape index (κ3) is 7.30. The van der Waals surface area contributed by atoms with E-state index in [9.17, 15) is 4.79 Å². The van der Waals surface area contributed by atoms with Gasteiger partial charge in [0.25, 0.3) is 0 Å². The highest BCUT2D eigenvalue weighted by molar-refractivity contribution is 5.81. The van der Waals surface area contributed by atoms with E-state index in [2.05, 4.69) is 29.4 Å². The standard InChI is InChI=1S/C13H24N2O/c1-5-7-8-10-14-12(4)13(16)15-11(3)9-6-2/h11-12,14H,6,8-10H2,1-4H3,(H,15,16). The Hall–Kier alpha value is -1.01. The molecule has 0 aromatic carbocycles. The van der Waals surface area contributed by atoms with Gasteiger partial charge in [0.05, 0.1) is 6.04 Å². The number of rotatable bonds is 7. The Morgan fingerprint density at radius 1 is 1.38 bits per heavy atom. The molecule has 0 aromatic heterocycles. The Morgan fingerprint density at radius 3 is 2.62 bits per heavy atom. The monoisotopic (exact) mass is 224 g/mol. The Morgan fingerprint density at radius 2 is 2.06 bits per heavy atom. The quantitative estimate of drug-likeness (QED) is 0.510. The van der Waals surface area contributed by atoms with Crippen LogP contribution in [0.2, 0.25) is 0 Å². The predicted octanol–water partition coefficient (Wildman–Crippen LogP) is 1.68. The van der Waals surface area contributed by atoms with Crippen molar-refractivity contribution in [1.29, 1.82) is 0 Å². The zero-order valence-electron chi connectivity index (χ0n) is 10.9. The van der Waals surface area contributed by atoms with E-state index in [-0.39, 0.29) is 18.0 Å². The maximum atomic E-state index is 11.7. The lowest BCUT2D eigenvalue weighted by atomic mass is 10.2. The number of nitrogens with one attached hydrogen (secondary N) is 2. The third-order valence-corrected chi connectivity index (χ3v) is 2.38. The van der Waals surface area contributed by atoms with Crippen molar-refractivity contribution in [3.63, 3.8) is 0 Å². The molecule has 0 saturated carbocycles. The second kappa shape index (κ2) is 9.23. The van der Waals surface area contributed by atoms with Gasteiger partial charge in [-0.05, 0) is 27.2 Å². The molecule has 0 aromatic rings. The van der Waals surface area contributed by atoms with Gasteiger partial charge < -0.3 is 10.6 Å². The summed E-state index contributed by atoms with van der Waals surface area (Å²) in [6.45, 7) is 8.62. The molecule has 0 fully saturated rings. The average molecular weight is 224 g/mol. The smallest absolute Gasteiger partial charge is 0.237 e. The normalized spacial score (nSPS) is 13.5. The lowest BCUT2D eigenvalue weighted by molar-refractivity contribution is -0.123. The fourth-order valence-electron chi connectivity index (χ4n) is 1.44. The van der Waals surface area contributed by atoms with Crippen LogP contribution in [0.4, 0.5) is 0 Å². The van der Waals surface area contributed by atoms with E-state index in [0.29, 0.717) is 0 Å². The zero-order valence-corrected chi connectivity index (χ0v) is 10.9. The summed E-state index contributed by atoms with van der Waals surface area (Å²) in [4.78, 5) is 11.7. The molecule has 0 radical (unpaired) electrons. The minimum absolute atomic E-state index is 0.0745. The molecule has 0 aliphatic carbocycles. The summed E-state index contributed by atoms with van der Waals surface area (Å²) in [6, 6.07) is 0.121. The Labute approximate surface area is 99.4 Å². The molecule has 0 aliphatic rings. The number of carbonyl (C=O) groups is 1. The van der Waals surface area contributed by atoms with Gasteiger partial charge in [0.1, 0.15) is 0 Å². The van der Waals surface area contributed by atoms with Crippen LogP contribution in [0.3, 0.4) is 0 Å². The number of carbonyl (C=O) groups excluding carboxylic acids is 1. The van der Waals surface area contributed by atoms with Gasteiger partial charge in [-0.2, -0.15) is 0 Å². The van der Waals surface area contributed by atoms with Crippen LogP contribution in [0.1, 0.15) is 47.0 Å². The Kier molecular flexibility index (Phi) is 8.65. The number of amides is 1. The highest BCUT2D eigenvalue weighted by Crippen LogP contribution is 1.95. The summed E-state index contributed by atoms with van der Waals surface area (Å²) in [5, 5.41) is 6.13. The molecule has 0 aliphatic heterocycles. The minimum atomic E-state index is -0.141. The van der Waals surface area contributed by atoms with Gasteiger partial charge in [-0.1, -0.05) is 13.3 Å². The molecule has 1 amide bonds. The van der Waals surface area contributed by atoms with Gasteiger partial charge >= 0.3 is 0 Å². The van der Waals surface area contributed by atoms with Gasteiger partial charge in [0, 0.05) is 19.0 Å². The summed E-state index contributed by atoms with van der Waals surface area (Å²) >= 11 is 0. The van der Waals surface area contributed by atoms with Crippen LogP contribution in [-0.2, 0) is 4.79 Å². The van der Waals surface area contributed by atoms with Crippen LogP contribution >= 0.6 is 0 Å². The van der Waals surface area contributed by atoms with Crippen LogP contribution < -0.4 is 10.6 Å². The lowest BCUT2D eigenvalue weighted by Crippen LogP contribution is -2.45. The summed E-state index contributed by atoms with van der Waals surface area (Å²) in [7, 11) is 0. The fraction of sp³-hybridized carbons (Fsp3) is 0.769. The summed E-state index contributed by atoms with van der Waals surface area (Å²) in [6.07, 6.45) is 2.91. The number of hydrogen-bond donors (Lipinski definition) is 2. The molecule has 0 bridgehead atoms. The van der Waals surface area contributed by atoms with Crippen molar-refractivity contribution in [2.75, 3.05) is 6.54 Å². The Balaban J connectivity index is 3.75. The van der Waals surface area contributed by atoms with Gasteiger partial charge in [0.2, 0.25) is 5.91 Å². The van der Waals surface area contributed by atoms with E-state index < -0.39 is 0 Å². The van der Waals surface area contributed by atoms with Crippen molar-refractivity contribution in [2.45, 2.75) is 59.0 Å². The van der Waals surface area contributed by atoms with Gasteiger partial charge in [-0.15, -0.1) is 11.8 Å². The second-order valence-corrected chi connectivity index (χ2v) is 4.05. The maximum Gasteiger partial charge on any atom is 0.237 e. The first-order valence-corrected chi connectivity index (χ1v) is 6.05. The highest BCUT2D eigenvalue weighted by atomic mass is 16.2. The molecule has 2 atom stereocenters. The first kappa shape index (κ1) is 15.0. The molecule has 2 unspecified atom stereocenters. The first-order chi connectivity index (χ1) is 7.61. The molecule has 16 heavy (non-hydrogen) atoms. The Bertz CT molecular complexity index is 252.